The van der Waals surface area contributed by atoms with Gasteiger partial charge < -0.3 is 15.1 Å². The van der Waals surface area contributed by atoms with E-state index in [1.165, 1.54) is 0 Å². The molecule has 0 radical (unpaired) electrons. The summed E-state index contributed by atoms with van der Waals surface area (Å²) in [5, 5.41) is 5.81. The Hall–Kier alpha value is -1.29. The highest BCUT2D eigenvalue weighted by Crippen LogP contribution is 2.13. The van der Waals surface area contributed by atoms with Crippen LogP contribution in [0.1, 0.15) is 26.0 Å². The van der Waals surface area contributed by atoms with Gasteiger partial charge in [-0.15, -0.1) is 0 Å². The maximum Gasteiger partial charge on any atom is 0.234 e. The van der Waals surface area contributed by atoms with Crippen LogP contribution in [0.4, 0.5) is 0 Å². The number of carbonyl (C=O) groups excluding carboxylic acids is 1. The molecular formula is C12H20N2O2. The maximum absolute atomic E-state index is 11.4. The third-order valence-electron chi connectivity index (χ3n) is 2.39. The van der Waals surface area contributed by atoms with Crippen LogP contribution in [0.5, 0.6) is 0 Å². The van der Waals surface area contributed by atoms with Crippen LogP contribution in [0.3, 0.4) is 0 Å². The van der Waals surface area contributed by atoms with Crippen LogP contribution in [-0.4, -0.2) is 25.0 Å². The van der Waals surface area contributed by atoms with Crippen molar-refractivity contribution in [2.24, 2.45) is 0 Å². The van der Waals surface area contributed by atoms with Gasteiger partial charge in [0.15, 0.2) is 0 Å². The van der Waals surface area contributed by atoms with Gasteiger partial charge in [-0.2, -0.15) is 0 Å². The van der Waals surface area contributed by atoms with Gasteiger partial charge in [-0.25, -0.2) is 0 Å². The van der Waals surface area contributed by atoms with Crippen molar-refractivity contribution in [3.05, 3.63) is 24.2 Å². The number of hydrogen-bond donors (Lipinski definition) is 2. The van der Waals surface area contributed by atoms with Gasteiger partial charge in [-0.05, 0) is 39.4 Å². The highest BCUT2D eigenvalue weighted by Gasteiger charge is 2.20. The fraction of sp³-hybridized carbons (Fsp3) is 0.583. The Labute approximate surface area is 96.4 Å². The summed E-state index contributed by atoms with van der Waals surface area (Å²) in [6.07, 6.45) is 3.36. The highest BCUT2D eigenvalue weighted by molar-refractivity contribution is 5.78. The summed E-state index contributed by atoms with van der Waals surface area (Å²) in [6.45, 7) is 4.39. The summed E-state index contributed by atoms with van der Waals surface area (Å²) in [7, 11) is 1.76. The highest BCUT2D eigenvalue weighted by atomic mass is 16.3. The molecule has 90 valence electrons. The fourth-order valence-corrected chi connectivity index (χ4v) is 1.54. The van der Waals surface area contributed by atoms with Gasteiger partial charge in [-0.3, -0.25) is 4.79 Å². The van der Waals surface area contributed by atoms with Crippen molar-refractivity contribution >= 4 is 5.91 Å². The minimum atomic E-state index is -0.208. The van der Waals surface area contributed by atoms with Gasteiger partial charge in [0.1, 0.15) is 5.76 Å². The minimum absolute atomic E-state index is 0.0203. The summed E-state index contributed by atoms with van der Waals surface area (Å²) in [5.74, 6) is 0.975. The normalized spacial score (nSPS) is 11.4. The first kappa shape index (κ1) is 12.8. The molecule has 16 heavy (non-hydrogen) atoms. The number of nitrogens with one attached hydrogen (secondary N) is 2. The molecule has 1 aromatic rings. The molecule has 0 aliphatic heterocycles. The van der Waals surface area contributed by atoms with Crippen LogP contribution in [0.2, 0.25) is 0 Å². The van der Waals surface area contributed by atoms with Crippen LogP contribution >= 0.6 is 0 Å². The summed E-state index contributed by atoms with van der Waals surface area (Å²) in [4.78, 5) is 11.4. The second kappa shape index (κ2) is 5.70. The quantitative estimate of drug-likeness (QED) is 0.766. The number of hydrogen-bond acceptors (Lipinski definition) is 3. The van der Waals surface area contributed by atoms with E-state index in [1.54, 1.807) is 13.3 Å². The van der Waals surface area contributed by atoms with Gasteiger partial charge >= 0.3 is 0 Å². The fourth-order valence-electron chi connectivity index (χ4n) is 1.54. The Morgan fingerprint density at radius 2 is 2.25 bits per heavy atom. The molecule has 4 nitrogen and oxygen atoms in total. The van der Waals surface area contributed by atoms with Crippen molar-refractivity contribution < 1.29 is 9.21 Å². The molecule has 0 aliphatic carbocycles. The predicted molar refractivity (Wildman–Crippen MR) is 63.2 cm³/mol. The monoisotopic (exact) mass is 224 g/mol. The van der Waals surface area contributed by atoms with Crippen LogP contribution in [0, 0.1) is 0 Å². The number of amides is 1. The second-order valence-corrected chi connectivity index (χ2v) is 4.54. The molecule has 0 saturated carbocycles. The lowest BCUT2D eigenvalue weighted by molar-refractivity contribution is -0.121. The first-order valence-electron chi connectivity index (χ1n) is 5.51. The Bertz CT molecular complexity index is 318. The van der Waals surface area contributed by atoms with Gasteiger partial charge in [0, 0.05) is 12.0 Å². The number of rotatable bonds is 6. The van der Waals surface area contributed by atoms with Crippen molar-refractivity contribution in [2.45, 2.75) is 32.2 Å². The molecule has 0 fully saturated rings. The van der Waals surface area contributed by atoms with E-state index >= 15 is 0 Å². The zero-order chi connectivity index (χ0) is 12.0. The lowest BCUT2D eigenvalue weighted by Crippen LogP contribution is -2.46. The number of aryl methyl sites for hydroxylation is 1. The zero-order valence-electron chi connectivity index (χ0n) is 10.2. The van der Waals surface area contributed by atoms with E-state index in [1.807, 2.05) is 26.0 Å². The van der Waals surface area contributed by atoms with E-state index in [0.717, 1.165) is 18.6 Å². The zero-order valence-corrected chi connectivity index (χ0v) is 10.2. The smallest absolute Gasteiger partial charge is 0.234 e. The van der Waals surface area contributed by atoms with Crippen LogP contribution < -0.4 is 10.6 Å². The molecule has 2 N–H and O–H groups in total. The van der Waals surface area contributed by atoms with Crippen LogP contribution in [0.25, 0.3) is 0 Å². The minimum Gasteiger partial charge on any atom is -0.469 e. The molecule has 0 saturated heterocycles. The first-order chi connectivity index (χ1) is 7.53. The predicted octanol–water partition coefficient (Wildman–Crippen LogP) is 1.33. The molecule has 1 aromatic heterocycles. The molecule has 0 aliphatic rings. The lowest BCUT2D eigenvalue weighted by Gasteiger charge is -2.25. The SMILES string of the molecule is CNCC(=O)NC(C)(C)CCc1ccco1. The van der Waals surface area contributed by atoms with Gasteiger partial charge in [0.05, 0.1) is 12.8 Å². The van der Waals surface area contributed by atoms with Gasteiger partial charge in [0.2, 0.25) is 5.91 Å². The molecule has 1 amide bonds. The molecule has 4 heteroatoms. The standard InChI is InChI=1S/C12H20N2O2/c1-12(2,14-11(15)9-13-3)7-6-10-5-4-8-16-10/h4-5,8,13H,6-7,9H2,1-3H3,(H,14,15). The molecule has 0 unspecified atom stereocenters. The number of likely N-dealkylation sites (N-methyl/N-ethyl adjacent to an activating group) is 1. The number of furan rings is 1. The van der Waals surface area contributed by atoms with E-state index in [9.17, 15) is 4.79 Å². The molecule has 0 bridgehead atoms. The van der Waals surface area contributed by atoms with Crippen molar-refractivity contribution in [2.75, 3.05) is 13.6 Å². The summed E-state index contributed by atoms with van der Waals surface area (Å²) in [5.41, 5.74) is -0.208. The molecule has 1 heterocycles. The molecule has 0 atom stereocenters. The Kier molecular flexibility index (Phi) is 4.55. The van der Waals surface area contributed by atoms with Gasteiger partial charge in [0.25, 0.3) is 0 Å². The topological polar surface area (TPSA) is 54.3 Å². The molecular weight excluding hydrogens is 204 g/mol. The van der Waals surface area contributed by atoms with E-state index in [-0.39, 0.29) is 11.4 Å². The Morgan fingerprint density at radius 3 is 2.81 bits per heavy atom. The van der Waals surface area contributed by atoms with E-state index < -0.39 is 0 Å². The van der Waals surface area contributed by atoms with E-state index in [0.29, 0.717) is 6.54 Å². The largest absolute Gasteiger partial charge is 0.469 e. The first-order valence-corrected chi connectivity index (χ1v) is 5.51. The van der Waals surface area contributed by atoms with Crippen LogP contribution in [0.15, 0.2) is 22.8 Å². The van der Waals surface area contributed by atoms with Crippen LogP contribution in [-0.2, 0) is 11.2 Å². The average Bonchev–Trinajstić information content (AvgIpc) is 2.66. The molecule has 0 aromatic carbocycles. The average molecular weight is 224 g/mol. The second-order valence-electron chi connectivity index (χ2n) is 4.54. The summed E-state index contributed by atoms with van der Waals surface area (Å²) in [6, 6.07) is 3.83. The van der Waals surface area contributed by atoms with Crippen molar-refractivity contribution in [1.82, 2.24) is 10.6 Å². The van der Waals surface area contributed by atoms with Crippen molar-refractivity contribution in [1.29, 1.82) is 0 Å². The molecule has 0 spiro atoms. The lowest BCUT2D eigenvalue weighted by atomic mass is 9.97. The third kappa shape index (κ3) is 4.49. The van der Waals surface area contributed by atoms with Crippen molar-refractivity contribution in [3.63, 3.8) is 0 Å². The maximum atomic E-state index is 11.4. The van der Waals surface area contributed by atoms with Gasteiger partial charge in [-0.1, -0.05) is 0 Å². The summed E-state index contributed by atoms with van der Waals surface area (Å²) < 4.78 is 5.26. The van der Waals surface area contributed by atoms with Crippen molar-refractivity contribution in [3.8, 4) is 0 Å². The third-order valence-corrected chi connectivity index (χ3v) is 2.39. The summed E-state index contributed by atoms with van der Waals surface area (Å²) >= 11 is 0. The Morgan fingerprint density at radius 1 is 1.50 bits per heavy atom. The number of carbonyl (C=O) groups is 1. The van der Waals surface area contributed by atoms with E-state index in [2.05, 4.69) is 10.6 Å². The molecule has 1 rings (SSSR count). The Balaban J connectivity index is 2.36. The van der Waals surface area contributed by atoms with E-state index in [4.69, 9.17) is 4.42 Å².